The minimum atomic E-state index is -0.0405. The predicted molar refractivity (Wildman–Crippen MR) is 81.2 cm³/mol. The normalized spacial score (nSPS) is 19.2. The van der Waals surface area contributed by atoms with E-state index in [9.17, 15) is 4.79 Å². The van der Waals surface area contributed by atoms with E-state index in [1.807, 2.05) is 6.92 Å². The summed E-state index contributed by atoms with van der Waals surface area (Å²) in [5.41, 5.74) is 0. The summed E-state index contributed by atoms with van der Waals surface area (Å²) in [6.07, 6.45) is 2.37. The first-order valence-electron chi connectivity index (χ1n) is 6.45. The summed E-state index contributed by atoms with van der Waals surface area (Å²) in [5, 5.41) is 6.37. The quantitative estimate of drug-likeness (QED) is 0.880. The van der Waals surface area contributed by atoms with Crippen LogP contribution >= 0.6 is 27.3 Å². The van der Waals surface area contributed by atoms with Gasteiger partial charge in [0, 0.05) is 11.4 Å². The number of ether oxygens (including phenoxy) is 1. The number of halogens is 1. The van der Waals surface area contributed by atoms with Gasteiger partial charge in [-0.2, -0.15) is 0 Å². The van der Waals surface area contributed by atoms with Gasteiger partial charge in [0.05, 0.1) is 11.6 Å². The Hall–Kier alpha value is -0.590. The van der Waals surface area contributed by atoms with Crippen molar-refractivity contribution in [2.75, 3.05) is 26.7 Å². The molecule has 1 unspecified atom stereocenters. The molecule has 0 saturated carbocycles. The summed E-state index contributed by atoms with van der Waals surface area (Å²) in [5.74, 6) is 1.14. The van der Waals surface area contributed by atoms with Crippen LogP contribution in [0.25, 0.3) is 0 Å². The van der Waals surface area contributed by atoms with Gasteiger partial charge in [-0.25, -0.2) is 0 Å². The molecular formula is C13H19BrN2O2S. The molecule has 2 N–H and O–H groups in total. The second-order valence-corrected chi connectivity index (χ2v) is 6.77. The average molecular weight is 347 g/mol. The van der Waals surface area contributed by atoms with Crippen molar-refractivity contribution >= 4 is 33.2 Å². The number of hydrogen-bond acceptors (Lipinski definition) is 4. The lowest BCUT2D eigenvalue weighted by Crippen LogP contribution is -2.38. The highest BCUT2D eigenvalue weighted by atomic mass is 79.9. The van der Waals surface area contributed by atoms with Gasteiger partial charge in [0.15, 0.2) is 5.75 Å². The summed E-state index contributed by atoms with van der Waals surface area (Å²) < 4.78 is 6.18. The van der Waals surface area contributed by atoms with E-state index in [2.05, 4.69) is 26.6 Å². The van der Waals surface area contributed by atoms with Gasteiger partial charge in [0.25, 0.3) is 5.91 Å². The maximum Gasteiger partial charge on any atom is 0.265 e. The Morgan fingerprint density at radius 3 is 3.05 bits per heavy atom. The van der Waals surface area contributed by atoms with Gasteiger partial charge >= 0.3 is 0 Å². The van der Waals surface area contributed by atoms with Crippen molar-refractivity contribution in [2.45, 2.75) is 19.8 Å². The molecule has 6 heteroatoms. The van der Waals surface area contributed by atoms with E-state index in [1.54, 1.807) is 7.11 Å². The number of rotatable bonds is 4. The molecule has 19 heavy (non-hydrogen) atoms. The van der Waals surface area contributed by atoms with Crippen molar-refractivity contribution < 1.29 is 9.53 Å². The van der Waals surface area contributed by atoms with Crippen molar-refractivity contribution in [3.8, 4) is 5.75 Å². The van der Waals surface area contributed by atoms with Crippen molar-refractivity contribution in [2.24, 2.45) is 5.92 Å². The first-order chi connectivity index (χ1) is 9.13. The Kier molecular flexibility index (Phi) is 5.24. The number of nitrogens with one attached hydrogen (secondary N) is 2. The van der Waals surface area contributed by atoms with Crippen LogP contribution in [0.5, 0.6) is 5.75 Å². The fourth-order valence-electron chi connectivity index (χ4n) is 2.25. The molecule has 1 atom stereocenters. The number of thiophene rings is 1. The Morgan fingerprint density at radius 2 is 2.42 bits per heavy atom. The van der Waals surface area contributed by atoms with Crippen LogP contribution in [0.4, 0.5) is 0 Å². The molecule has 1 aromatic rings. The third-order valence-corrected chi connectivity index (χ3v) is 5.63. The third-order valence-electron chi connectivity index (χ3n) is 3.33. The predicted octanol–water partition coefficient (Wildman–Crippen LogP) is 2.56. The van der Waals surface area contributed by atoms with Crippen LogP contribution in [-0.2, 0) is 0 Å². The first kappa shape index (κ1) is 14.8. The SMILES string of the molecule is COc1c(C(=O)NCC2CCCNC2)sc(C)c1Br. The molecule has 1 fully saturated rings. The van der Waals surface area contributed by atoms with E-state index in [0.717, 1.165) is 29.0 Å². The number of aryl methyl sites for hydroxylation is 1. The molecule has 1 saturated heterocycles. The van der Waals surface area contributed by atoms with E-state index in [1.165, 1.54) is 24.2 Å². The number of carbonyl (C=O) groups is 1. The molecule has 0 aliphatic carbocycles. The Bertz CT molecular complexity index is 456. The van der Waals surface area contributed by atoms with Crippen molar-refractivity contribution in [3.63, 3.8) is 0 Å². The van der Waals surface area contributed by atoms with Gasteiger partial charge in [-0.1, -0.05) is 0 Å². The maximum atomic E-state index is 12.2. The molecule has 0 radical (unpaired) electrons. The largest absolute Gasteiger partial charge is 0.494 e. The van der Waals surface area contributed by atoms with Gasteiger partial charge in [-0.15, -0.1) is 11.3 Å². The molecule has 4 nitrogen and oxygen atoms in total. The molecule has 2 rings (SSSR count). The van der Waals surface area contributed by atoms with Crippen molar-refractivity contribution in [1.82, 2.24) is 10.6 Å². The third kappa shape index (κ3) is 3.49. The number of methoxy groups -OCH3 is 1. The molecule has 0 spiro atoms. The van der Waals surface area contributed by atoms with E-state index in [0.29, 0.717) is 16.5 Å². The van der Waals surface area contributed by atoms with Crippen LogP contribution in [0.15, 0.2) is 4.47 Å². The second-order valence-electron chi connectivity index (χ2n) is 4.76. The lowest BCUT2D eigenvalue weighted by atomic mass is 10.00. The molecule has 1 aromatic heterocycles. The smallest absolute Gasteiger partial charge is 0.265 e. The molecule has 0 aromatic carbocycles. The van der Waals surface area contributed by atoms with Gasteiger partial charge in [0.1, 0.15) is 4.88 Å². The zero-order valence-corrected chi connectivity index (χ0v) is 13.6. The summed E-state index contributed by atoms with van der Waals surface area (Å²) in [4.78, 5) is 13.9. The molecule has 2 heterocycles. The summed E-state index contributed by atoms with van der Waals surface area (Å²) in [6.45, 7) is 4.78. The van der Waals surface area contributed by atoms with Gasteiger partial charge in [-0.3, -0.25) is 4.79 Å². The Morgan fingerprint density at radius 1 is 1.63 bits per heavy atom. The first-order valence-corrected chi connectivity index (χ1v) is 8.06. The van der Waals surface area contributed by atoms with Crippen molar-refractivity contribution in [1.29, 1.82) is 0 Å². The monoisotopic (exact) mass is 346 g/mol. The maximum absolute atomic E-state index is 12.2. The van der Waals surface area contributed by atoms with Crippen LogP contribution in [0.3, 0.4) is 0 Å². The van der Waals surface area contributed by atoms with Crippen LogP contribution in [0.1, 0.15) is 27.4 Å². The standard InChI is InChI=1S/C13H19BrN2O2S/c1-8-10(14)11(18-2)12(19-8)13(17)16-7-9-4-3-5-15-6-9/h9,15H,3-7H2,1-2H3,(H,16,17). The van der Waals surface area contributed by atoms with E-state index in [4.69, 9.17) is 4.74 Å². The highest BCUT2D eigenvalue weighted by molar-refractivity contribution is 9.10. The van der Waals surface area contributed by atoms with Crippen LogP contribution < -0.4 is 15.4 Å². The van der Waals surface area contributed by atoms with E-state index < -0.39 is 0 Å². The van der Waals surface area contributed by atoms with E-state index >= 15 is 0 Å². The number of piperidine rings is 1. The number of carbonyl (C=O) groups excluding carboxylic acids is 1. The molecule has 1 aliphatic rings. The zero-order chi connectivity index (χ0) is 13.8. The number of hydrogen-bond donors (Lipinski definition) is 2. The lowest BCUT2D eigenvalue weighted by molar-refractivity contribution is 0.0946. The van der Waals surface area contributed by atoms with Crippen LogP contribution in [-0.4, -0.2) is 32.7 Å². The Balaban J connectivity index is 1.97. The minimum Gasteiger partial charge on any atom is -0.494 e. The fraction of sp³-hybridized carbons (Fsp3) is 0.615. The second kappa shape index (κ2) is 6.72. The Labute approximate surface area is 126 Å². The fourth-order valence-corrected chi connectivity index (χ4v) is 3.92. The molecule has 1 aliphatic heterocycles. The zero-order valence-electron chi connectivity index (χ0n) is 11.2. The summed E-state index contributed by atoms with van der Waals surface area (Å²) >= 11 is 4.91. The molecular weight excluding hydrogens is 328 g/mol. The van der Waals surface area contributed by atoms with Gasteiger partial charge in [0.2, 0.25) is 0 Å². The van der Waals surface area contributed by atoms with Crippen LogP contribution in [0, 0.1) is 12.8 Å². The molecule has 1 amide bonds. The van der Waals surface area contributed by atoms with Gasteiger partial charge in [-0.05, 0) is 54.7 Å². The van der Waals surface area contributed by atoms with Crippen molar-refractivity contribution in [3.05, 3.63) is 14.2 Å². The van der Waals surface area contributed by atoms with Crippen LogP contribution in [0.2, 0.25) is 0 Å². The minimum absolute atomic E-state index is 0.0405. The highest BCUT2D eigenvalue weighted by Gasteiger charge is 2.21. The lowest BCUT2D eigenvalue weighted by Gasteiger charge is -2.22. The van der Waals surface area contributed by atoms with E-state index in [-0.39, 0.29) is 5.91 Å². The summed E-state index contributed by atoms with van der Waals surface area (Å²) in [6, 6.07) is 0. The van der Waals surface area contributed by atoms with Gasteiger partial charge < -0.3 is 15.4 Å². The highest BCUT2D eigenvalue weighted by Crippen LogP contribution is 2.38. The number of amides is 1. The average Bonchev–Trinajstić information content (AvgIpc) is 2.73. The molecule has 106 valence electrons. The summed E-state index contributed by atoms with van der Waals surface area (Å²) in [7, 11) is 1.59. The molecule has 0 bridgehead atoms. The topological polar surface area (TPSA) is 50.4 Å².